The topological polar surface area (TPSA) is 66.9 Å². The molecular formula is C11H16N4O. The largest absolute Gasteiger partial charge is 0.360 e. The van der Waals surface area contributed by atoms with Crippen LogP contribution < -0.4 is 10.6 Å². The van der Waals surface area contributed by atoms with Gasteiger partial charge < -0.3 is 10.6 Å². The van der Waals surface area contributed by atoms with Crippen LogP contribution in [0.1, 0.15) is 24.2 Å². The third kappa shape index (κ3) is 2.92. The lowest BCUT2D eigenvalue weighted by Gasteiger charge is -2.07. The first kappa shape index (κ1) is 10.9. The smallest absolute Gasteiger partial charge is 0.239 e. The van der Waals surface area contributed by atoms with Gasteiger partial charge in [-0.25, -0.2) is 4.98 Å². The first-order chi connectivity index (χ1) is 7.65. The number of aryl methyl sites for hydroxylation is 2. The Morgan fingerprint density at radius 1 is 1.44 bits per heavy atom. The number of aromatic nitrogens is 2. The van der Waals surface area contributed by atoms with Crippen LogP contribution in [0.25, 0.3) is 0 Å². The molecule has 2 rings (SSSR count). The van der Waals surface area contributed by atoms with Crippen molar-refractivity contribution in [1.29, 1.82) is 0 Å². The molecule has 5 nitrogen and oxygen atoms in total. The van der Waals surface area contributed by atoms with Gasteiger partial charge in [0.1, 0.15) is 5.82 Å². The highest BCUT2D eigenvalue weighted by atomic mass is 16.2. The van der Waals surface area contributed by atoms with E-state index < -0.39 is 0 Å². The Balaban J connectivity index is 1.83. The second-order valence-electron chi connectivity index (χ2n) is 4.12. The van der Waals surface area contributed by atoms with Gasteiger partial charge in [-0.3, -0.25) is 9.78 Å². The van der Waals surface area contributed by atoms with E-state index in [-0.39, 0.29) is 12.5 Å². The molecule has 1 aliphatic rings. The molecule has 0 radical (unpaired) electrons. The number of hydrogen-bond acceptors (Lipinski definition) is 4. The first-order valence-corrected chi connectivity index (χ1v) is 5.48. The van der Waals surface area contributed by atoms with Crippen LogP contribution in [-0.4, -0.2) is 28.5 Å². The fraction of sp³-hybridized carbons (Fsp3) is 0.545. The fourth-order valence-electron chi connectivity index (χ4n) is 1.30. The van der Waals surface area contributed by atoms with Crippen LogP contribution in [0.2, 0.25) is 0 Å². The van der Waals surface area contributed by atoms with Gasteiger partial charge in [0.05, 0.1) is 24.1 Å². The molecule has 16 heavy (non-hydrogen) atoms. The van der Waals surface area contributed by atoms with E-state index in [1.54, 1.807) is 6.20 Å². The fourth-order valence-corrected chi connectivity index (χ4v) is 1.30. The van der Waals surface area contributed by atoms with Crippen LogP contribution in [0.4, 0.5) is 5.82 Å². The lowest BCUT2D eigenvalue weighted by Crippen LogP contribution is -2.31. The zero-order valence-corrected chi connectivity index (χ0v) is 9.58. The standard InChI is InChI=1S/C11H16N4O/c1-7-8(2)14-10(5-12-7)13-6-11(16)15-9-3-4-9/h5,9H,3-4,6H2,1-2H3,(H,13,14)(H,15,16). The molecule has 0 aromatic carbocycles. The minimum Gasteiger partial charge on any atom is -0.360 e. The average Bonchev–Trinajstić information content (AvgIpc) is 3.04. The maximum Gasteiger partial charge on any atom is 0.239 e. The van der Waals surface area contributed by atoms with Gasteiger partial charge in [-0.2, -0.15) is 0 Å². The molecular weight excluding hydrogens is 204 g/mol. The monoisotopic (exact) mass is 220 g/mol. The van der Waals surface area contributed by atoms with Crippen molar-refractivity contribution >= 4 is 11.7 Å². The third-order valence-electron chi connectivity index (χ3n) is 2.56. The summed E-state index contributed by atoms with van der Waals surface area (Å²) < 4.78 is 0. The summed E-state index contributed by atoms with van der Waals surface area (Å²) in [5.41, 5.74) is 1.79. The first-order valence-electron chi connectivity index (χ1n) is 5.48. The van der Waals surface area contributed by atoms with Crippen molar-refractivity contribution in [1.82, 2.24) is 15.3 Å². The Kier molecular flexibility index (Phi) is 3.03. The number of nitrogens with zero attached hydrogens (tertiary/aromatic N) is 2. The highest BCUT2D eigenvalue weighted by Gasteiger charge is 2.22. The van der Waals surface area contributed by atoms with Gasteiger partial charge >= 0.3 is 0 Å². The molecule has 0 saturated heterocycles. The molecule has 1 amide bonds. The van der Waals surface area contributed by atoms with E-state index in [2.05, 4.69) is 20.6 Å². The van der Waals surface area contributed by atoms with Gasteiger partial charge in [0, 0.05) is 6.04 Å². The summed E-state index contributed by atoms with van der Waals surface area (Å²) in [7, 11) is 0. The second-order valence-corrected chi connectivity index (χ2v) is 4.12. The lowest BCUT2D eigenvalue weighted by atomic mass is 10.3. The van der Waals surface area contributed by atoms with Crippen molar-refractivity contribution in [3.63, 3.8) is 0 Å². The number of carbonyl (C=O) groups excluding carboxylic acids is 1. The molecule has 1 heterocycles. The highest BCUT2D eigenvalue weighted by Crippen LogP contribution is 2.18. The Hall–Kier alpha value is -1.65. The number of amides is 1. The number of carbonyl (C=O) groups is 1. The molecule has 1 fully saturated rings. The van der Waals surface area contributed by atoms with E-state index in [0.717, 1.165) is 24.2 Å². The molecule has 1 saturated carbocycles. The van der Waals surface area contributed by atoms with E-state index in [0.29, 0.717) is 11.9 Å². The van der Waals surface area contributed by atoms with Crippen LogP contribution in [-0.2, 0) is 4.79 Å². The van der Waals surface area contributed by atoms with Crippen LogP contribution in [0.5, 0.6) is 0 Å². The van der Waals surface area contributed by atoms with Gasteiger partial charge in [0.25, 0.3) is 0 Å². The number of hydrogen-bond donors (Lipinski definition) is 2. The summed E-state index contributed by atoms with van der Waals surface area (Å²) in [4.78, 5) is 19.9. The molecule has 1 aliphatic carbocycles. The zero-order valence-electron chi connectivity index (χ0n) is 9.58. The van der Waals surface area contributed by atoms with Gasteiger partial charge in [-0.05, 0) is 26.7 Å². The van der Waals surface area contributed by atoms with Crippen molar-refractivity contribution in [3.05, 3.63) is 17.6 Å². The van der Waals surface area contributed by atoms with Gasteiger partial charge in [-0.15, -0.1) is 0 Å². The van der Waals surface area contributed by atoms with Gasteiger partial charge in [0.2, 0.25) is 5.91 Å². The van der Waals surface area contributed by atoms with E-state index in [1.165, 1.54) is 0 Å². The molecule has 0 unspecified atom stereocenters. The maximum absolute atomic E-state index is 11.4. The minimum absolute atomic E-state index is 0.0162. The molecule has 1 aromatic heterocycles. The number of rotatable bonds is 4. The molecule has 0 aliphatic heterocycles. The quantitative estimate of drug-likeness (QED) is 0.787. The predicted octanol–water partition coefficient (Wildman–Crippen LogP) is 0.784. The van der Waals surface area contributed by atoms with Crippen LogP contribution in [0.3, 0.4) is 0 Å². The van der Waals surface area contributed by atoms with Crippen LogP contribution >= 0.6 is 0 Å². The van der Waals surface area contributed by atoms with E-state index in [9.17, 15) is 4.79 Å². The minimum atomic E-state index is 0.0162. The SMILES string of the molecule is Cc1ncc(NCC(=O)NC2CC2)nc1C. The lowest BCUT2D eigenvalue weighted by molar-refractivity contribution is -0.119. The van der Waals surface area contributed by atoms with E-state index in [4.69, 9.17) is 0 Å². The second kappa shape index (κ2) is 4.47. The number of nitrogens with one attached hydrogen (secondary N) is 2. The molecule has 1 aromatic rings. The Morgan fingerprint density at radius 2 is 2.19 bits per heavy atom. The molecule has 5 heteroatoms. The number of anilines is 1. The summed E-state index contributed by atoms with van der Waals surface area (Å²) >= 11 is 0. The van der Waals surface area contributed by atoms with Crippen molar-refractivity contribution in [2.45, 2.75) is 32.7 Å². The third-order valence-corrected chi connectivity index (χ3v) is 2.56. The van der Waals surface area contributed by atoms with Crippen LogP contribution in [0.15, 0.2) is 6.20 Å². The van der Waals surface area contributed by atoms with E-state index in [1.807, 2.05) is 13.8 Å². The molecule has 0 bridgehead atoms. The zero-order chi connectivity index (χ0) is 11.5. The van der Waals surface area contributed by atoms with E-state index >= 15 is 0 Å². The van der Waals surface area contributed by atoms with Crippen LogP contribution in [0, 0.1) is 13.8 Å². The van der Waals surface area contributed by atoms with Crippen molar-refractivity contribution < 1.29 is 4.79 Å². The van der Waals surface area contributed by atoms with Crippen molar-refractivity contribution in [2.24, 2.45) is 0 Å². The molecule has 0 spiro atoms. The van der Waals surface area contributed by atoms with Crippen molar-refractivity contribution in [2.75, 3.05) is 11.9 Å². The average molecular weight is 220 g/mol. The Labute approximate surface area is 94.7 Å². The highest BCUT2D eigenvalue weighted by molar-refractivity contribution is 5.80. The summed E-state index contributed by atoms with van der Waals surface area (Å²) in [5, 5.41) is 5.86. The Morgan fingerprint density at radius 3 is 2.81 bits per heavy atom. The molecule has 2 N–H and O–H groups in total. The van der Waals surface area contributed by atoms with Gasteiger partial charge in [0.15, 0.2) is 0 Å². The maximum atomic E-state index is 11.4. The normalized spacial score (nSPS) is 14.6. The summed E-state index contributed by atoms with van der Waals surface area (Å²) in [6, 6.07) is 0.403. The Bertz CT molecular complexity index is 401. The summed E-state index contributed by atoms with van der Waals surface area (Å²) in [6.07, 6.45) is 3.86. The summed E-state index contributed by atoms with van der Waals surface area (Å²) in [6.45, 7) is 4.07. The van der Waals surface area contributed by atoms with Crippen molar-refractivity contribution in [3.8, 4) is 0 Å². The molecule has 0 atom stereocenters. The predicted molar refractivity (Wildman–Crippen MR) is 61.2 cm³/mol. The summed E-state index contributed by atoms with van der Waals surface area (Å²) in [5.74, 6) is 0.663. The molecule has 86 valence electrons. The van der Waals surface area contributed by atoms with Gasteiger partial charge in [-0.1, -0.05) is 0 Å².